The number of sulfonamides is 1. The first-order valence-corrected chi connectivity index (χ1v) is 16.1. The van der Waals surface area contributed by atoms with Crippen LogP contribution in [0, 0.1) is 5.92 Å². The second kappa shape index (κ2) is 16.0. The smallest absolute Gasteiger partial charge is 0.412 e. The van der Waals surface area contributed by atoms with Crippen LogP contribution in [0.15, 0.2) is 95.9 Å². The molecule has 0 heterocycles. The monoisotopic (exact) mass is 622 g/mol. The Bertz CT molecular complexity index is 1470. The van der Waals surface area contributed by atoms with Gasteiger partial charge in [-0.3, -0.25) is 14.5 Å². The van der Waals surface area contributed by atoms with E-state index in [2.05, 4.69) is 5.32 Å². The number of ether oxygens (including phenoxy) is 1. The summed E-state index contributed by atoms with van der Waals surface area (Å²) in [7, 11) is -4.48. The van der Waals surface area contributed by atoms with Gasteiger partial charge in [-0.15, -0.1) is 0 Å². The van der Waals surface area contributed by atoms with Gasteiger partial charge in [0.2, 0.25) is 21.6 Å². The molecule has 0 radical (unpaired) electrons. The summed E-state index contributed by atoms with van der Waals surface area (Å²) in [5.74, 6) is -1.81. The van der Waals surface area contributed by atoms with Crippen LogP contribution in [-0.4, -0.2) is 54.3 Å². The molecule has 0 bridgehead atoms. The number of nitrogens with one attached hydrogen (secondary N) is 1. The molecule has 0 unspecified atom stereocenters. The zero-order valence-electron chi connectivity index (χ0n) is 25.5. The van der Waals surface area contributed by atoms with Crippen LogP contribution < -0.4 is 11.1 Å². The van der Waals surface area contributed by atoms with Gasteiger partial charge in [0, 0.05) is 19.6 Å². The van der Waals surface area contributed by atoms with Crippen molar-refractivity contribution < 1.29 is 27.5 Å². The largest absolute Gasteiger partial charge is 0.444 e. The summed E-state index contributed by atoms with van der Waals surface area (Å²) in [6.07, 6.45) is -1.09. The first-order valence-electron chi connectivity index (χ1n) is 14.7. The predicted molar refractivity (Wildman–Crippen MR) is 168 cm³/mol. The van der Waals surface area contributed by atoms with Gasteiger partial charge in [-0.05, 0) is 42.0 Å². The van der Waals surface area contributed by atoms with Crippen molar-refractivity contribution in [1.29, 1.82) is 0 Å². The summed E-state index contributed by atoms with van der Waals surface area (Å²) >= 11 is 0. The fourth-order valence-corrected chi connectivity index (χ4v) is 6.59. The first kappa shape index (κ1) is 34.3. The van der Waals surface area contributed by atoms with E-state index in [9.17, 15) is 22.8 Å². The van der Waals surface area contributed by atoms with E-state index in [-0.39, 0.29) is 37.1 Å². The fraction of sp³-hybridized carbons (Fsp3) is 0.364. The molecule has 3 aromatic rings. The molecule has 3 rings (SSSR count). The second-order valence-electron chi connectivity index (χ2n) is 10.9. The number of benzene rings is 3. The lowest BCUT2D eigenvalue weighted by Gasteiger charge is -2.47. The Morgan fingerprint density at radius 2 is 1.41 bits per heavy atom. The molecule has 1 atom stereocenters. The average Bonchev–Trinajstić information content (AvgIpc) is 3.01. The number of primary amides is 1. The summed E-state index contributed by atoms with van der Waals surface area (Å²) in [4.78, 5) is 42.3. The Labute approximate surface area is 260 Å². The lowest BCUT2D eigenvalue weighted by atomic mass is 9.99. The van der Waals surface area contributed by atoms with Crippen LogP contribution in [0.1, 0.15) is 51.2 Å². The molecular weight excluding hydrogens is 580 g/mol. The lowest BCUT2D eigenvalue weighted by molar-refractivity contribution is -0.146. The van der Waals surface area contributed by atoms with E-state index >= 15 is 0 Å². The van der Waals surface area contributed by atoms with Crippen LogP contribution >= 0.6 is 0 Å². The molecule has 3 N–H and O–H groups in total. The highest BCUT2D eigenvalue weighted by molar-refractivity contribution is 7.89. The highest BCUT2D eigenvalue weighted by Crippen LogP contribution is 2.34. The molecule has 3 amide bonds. The molecule has 10 nitrogen and oxygen atoms in total. The van der Waals surface area contributed by atoms with Crippen LogP contribution in [0.5, 0.6) is 0 Å². The maximum absolute atomic E-state index is 14.6. The van der Waals surface area contributed by atoms with Crippen molar-refractivity contribution in [2.24, 2.45) is 11.7 Å². The van der Waals surface area contributed by atoms with Gasteiger partial charge in [-0.25, -0.2) is 13.2 Å². The SMILES string of the molecule is CCCN(C(=O)OCc1ccccc1)[C@](CC(N)=O)(C(=O)NCc1ccccc1)N(CCC(C)C)S(=O)(=O)c1ccccc1. The number of rotatable bonds is 16. The van der Waals surface area contributed by atoms with E-state index in [0.717, 1.165) is 14.8 Å². The van der Waals surface area contributed by atoms with Crippen LogP contribution in [0.2, 0.25) is 0 Å². The maximum atomic E-state index is 14.6. The molecule has 0 aliphatic heterocycles. The molecule has 0 aliphatic rings. The van der Waals surface area contributed by atoms with Gasteiger partial charge in [-0.1, -0.05) is 99.6 Å². The van der Waals surface area contributed by atoms with Crippen molar-refractivity contribution in [3.8, 4) is 0 Å². The van der Waals surface area contributed by atoms with Crippen molar-refractivity contribution in [2.75, 3.05) is 13.1 Å². The summed E-state index contributed by atoms with van der Waals surface area (Å²) in [6, 6.07) is 25.6. The number of hydrogen-bond acceptors (Lipinski definition) is 6. The molecule has 0 fully saturated rings. The van der Waals surface area contributed by atoms with E-state index in [1.165, 1.54) is 12.1 Å². The molecule has 0 saturated carbocycles. The highest BCUT2D eigenvalue weighted by atomic mass is 32.2. The Kier molecular flexibility index (Phi) is 12.5. The van der Waals surface area contributed by atoms with Crippen LogP contribution in [-0.2, 0) is 37.5 Å². The zero-order valence-corrected chi connectivity index (χ0v) is 26.3. The standard InChI is InChI=1S/C33H42N4O6S/c1-4-21-36(32(40)43-25-28-16-10-6-11-17-28)33(23-30(34)38,31(39)35-24-27-14-8-5-9-15-27)37(22-20-26(2)3)44(41,42)29-18-12-7-13-19-29/h5-19,26H,4,20-25H2,1-3H3,(H2,34,38)(H,35,39)/t33-/m0/s1. The Hall–Kier alpha value is -4.22. The molecule has 3 aromatic carbocycles. The molecule has 0 aromatic heterocycles. The highest BCUT2D eigenvalue weighted by Gasteiger charge is 2.57. The Morgan fingerprint density at radius 1 is 0.864 bits per heavy atom. The van der Waals surface area contributed by atoms with Gasteiger partial charge in [-0.2, -0.15) is 4.31 Å². The number of carbonyl (C=O) groups excluding carboxylic acids is 3. The van der Waals surface area contributed by atoms with Crippen LogP contribution in [0.3, 0.4) is 0 Å². The third-order valence-electron chi connectivity index (χ3n) is 7.05. The maximum Gasteiger partial charge on any atom is 0.412 e. The molecule has 0 aliphatic carbocycles. The van der Waals surface area contributed by atoms with Gasteiger partial charge in [0.15, 0.2) is 0 Å². The fourth-order valence-electron chi connectivity index (χ4n) is 4.84. The van der Waals surface area contributed by atoms with E-state index in [1.807, 2.05) is 26.0 Å². The van der Waals surface area contributed by atoms with E-state index < -0.39 is 40.0 Å². The van der Waals surface area contributed by atoms with Gasteiger partial charge in [0.25, 0.3) is 5.91 Å². The van der Waals surface area contributed by atoms with Gasteiger partial charge >= 0.3 is 6.09 Å². The minimum atomic E-state index is -4.48. The minimum Gasteiger partial charge on any atom is -0.444 e. The molecular formula is C33H42N4O6S. The van der Waals surface area contributed by atoms with Crippen LogP contribution in [0.4, 0.5) is 4.79 Å². The summed E-state index contributed by atoms with van der Waals surface area (Å²) in [6.45, 7) is 5.22. The molecule has 11 heteroatoms. The third kappa shape index (κ3) is 8.67. The zero-order chi connectivity index (χ0) is 32.2. The summed E-state index contributed by atoms with van der Waals surface area (Å²) < 4.78 is 35.6. The number of nitrogens with zero attached hydrogens (tertiary/aromatic N) is 2. The normalized spacial score (nSPS) is 12.8. The number of amides is 3. The molecule has 0 saturated heterocycles. The predicted octanol–water partition coefficient (Wildman–Crippen LogP) is 4.66. The number of hydrogen-bond donors (Lipinski definition) is 2. The summed E-state index contributed by atoms with van der Waals surface area (Å²) in [5.41, 5.74) is 4.83. The topological polar surface area (TPSA) is 139 Å². The second-order valence-corrected chi connectivity index (χ2v) is 12.8. The number of carbonyl (C=O) groups is 3. The third-order valence-corrected chi connectivity index (χ3v) is 8.99. The van der Waals surface area contributed by atoms with E-state index in [1.54, 1.807) is 73.7 Å². The van der Waals surface area contributed by atoms with Crippen molar-refractivity contribution >= 4 is 27.9 Å². The van der Waals surface area contributed by atoms with Crippen molar-refractivity contribution in [2.45, 2.75) is 63.7 Å². The first-order chi connectivity index (χ1) is 21.0. The number of nitrogens with two attached hydrogens (primary N) is 1. The van der Waals surface area contributed by atoms with Gasteiger partial charge in [0.05, 0.1) is 11.3 Å². The van der Waals surface area contributed by atoms with Crippen molar-refractivity contribution in [3.05, 3.63) is 102 Å². The average molecular weight is 623 g/mol. The molecule has 0 spiro atoms. The quantitative estimate of drug-likeness (QED) is 0.223. The van der Waals surface area contributed by atoms with Crippen molar-refractivity contribution in [3.63, 3.8) is 0 Å². The molecule has 44 heavy (non-hydrogen) atoms. The minimum absolute atomic E-state index is 0.0165. The summed E-state index contributed by atoms with van der Waals surface area (Å²) in [5, 5.41) is 2.80. The van der Waals surface area contributed by atoms with Crippen LogP contribution in [0.25, 0.3) is 0 Å². The van der Waals surface area contributed by atoms with E-state index in [4.69, 9.17) is 10.5 Å². The molecule has 236 valence electrons. The van der Waals surface area contributed by atoms with Gasteiger partial charge < -0.3 is 15.8 Å². The van der Waals surface area contributed by atoms with Gasteiger partial charge in [0.1, 0.15) is 6.61 Å². The Morgan fingerprint density at radius 3 is 1.93 bits per heavy atom. The van der Waals surface area contributed by atoms with E-state index in [0.29, 0.717) is 18.4 Å². The lowest BCUT2D eigenvalue weighted by Crippen LogP contribution is -2.72. The van der Waals surface area contributed by atoms with Crippen molar-refractivity contribution in [1.82, 2.24) is 14.5 Å². The Balaban J connectivity index is 2.24.